The lowest BCUT2D eigenvalue weighted by molar-refractivity contribution is -0.385. The Labute approximate surface area is 237 Å². The molecule has 1 heterocycles. The Balaban J connectivity index is 1.63. The van der Waals surface area contributed by atoms with Gasteiger partial charge in [-0.2, -0.15) is 0 Å². The first-order valence-corrected chi connectivity index (χ1v) is 13.4. The van der Waals surface area contributed by atoms with Gasteiger partial charge in [0, 0.05) is 41.1 Å². The fourth-order valence-electron chi connectivity index (χ4n) is 4.68. The van der Waals surface area contributed by atoms with Crippen molar-refractivity contribution in [3.63, 3.8) is 0 Å². The lowest BCUT2D eigenvalue weighted by Gasteiger charge is -2.29. The van der Waals surface area contributed by atoms with Gasteiger partial charge in [0.25, 0.3) is 11.4 Å². The molecule has 0 bridgehead atoms. The van der Waals surface area contributed by atoms with Crippen molar-refractivity contribution >= 4 is 46.3 Å². The second-order valence-electron chi connectivity index (χ2n) is 9.18. The zero-order valence-corrected chi connectivity index (χ0v) is 22.0. The maximum Gasteiger partial charge on any atom is 0.269 e. The van der Waals surface area contributed by atoms with E-state index in [0.717, 1.165) is 11.8 Å². The van der Waals surface area contributed by atoms with E-state index >= 15 is 0 Å². The monoisotopic (exact) mass is 567 g/mol. The molecular formula is C30H21N3O7S. The molecule has 4 aromatic rings. The number of anilines is 1. The number of nitro groups is 2. The molecule has 41 heavy (non-hydrogen) atoms. The van der Waals surface area contributed by atoms with Crippen molar-refractivity contribution < 1.29 is 24.2 Å². The first kappa shape index (κ1) is 27.4. The van der Waals surface area contributed by atoms with Gasteiger partial charge in [-0.1, -0.05) is 48.5 Å². The van der Waals surface area contributed by atoms with Gasteiger partial charge < -0.3 is 0 Å². The van der Waals surface area contributed by atoms with Crippen molar-refractivity contribution in [3.05, 3.63) is 146 Å². The molecule has 0 radical (unpaired) electrons. The summed E-state index contributed by atoms with van der Waals surface area (Å²) in [5, 5.41) is 20.6. The Hall–Kier alpha value is -5.16. The van der Waals surface area contributed by atoms with Crippen molar-refractivity contribution in [2.45, 2.75) is 10.6 Å². The van der Waals surface area contributed by atoms with Crippen LogP contribution in [0.4, 0.5) is 17.1 Å². The van der Waals surface area contributed by atoms with Gasteiger partial charge >= 0.3 is 0 Å². The summed E-state index contributed by atoms with van der Waals surface area (Å²) >= 11 is 1.16. The van der Waals surface area contributed by atoms with Gasteiger partial charge in [-0.3, -0.25) is 39.5 Å². The van der Waals surface area contributed by atoms with Gasteiger partial charge in [-0.15, -0.1) is 11.8 Å². The second kappa shape index (κ2) is 11.5. The number of hydrogen-bond acceptors (Lipinski definition) is 8. The summed E-state index contributed by atoms with van der Waals surface area (Å²) < 4.78 is 0. The number of Topliss-reactive ketones (excluding diaryl/α,β-unsaturated/α-hetero) is 2. The number of benzene rings is 4. The highest BCUT2D eigenvalue weighted by atomic mass is 32.2. The number of carbonyl (C=O) groups is 3. The predicted octanol–water partition coefficient (Wildman–Crippen LogP) is 6.03. The average Bonchev–Trinajstić information content (AvgIpc) is 3.34. The molecule has 11 heteroatoms. The van der Waals surface area contributed by atoms with E-state index in [1.165, 1.54) is 53.4 Å². The minimum Gasteiger partial charge on any atom is -0.297 e. The van der Waals surface area contributed by atoms with E-state index in [2.05, 4.69) is 0 Å². The van der Waals surface area contributed by atoms with Gasteiger partial charge in [0.05, 0.1) is 9.85 Å². The summed E-state index contributed by atoms with van der Waals surface area (Å²) in [4.78, 5) is 64.7. The molecular weight excluding hydrogens is 546 g/mol. The molecule has 1 aliphatic heterocycles. The zero-order chi connectivity index (χ0) is 29.1. The number of ketones is 2. The Bertz CT molecular complexity index is 1560. The van der Waals surface area contributed by atoms with E-state index in [9.17, 15) is 34.6 Å². The van der Waals surface area contributed by atoms with E-state index in [1.54, 1.807) is 54.6 Å². The molecule has 0 aliphatic carbocycles. The summed E-state index contributed by atoms with van der Waals surface area (Å²) in [5.74, 6) is -3.01. The summed E-state index contributed by atoms with van der Waals surface area (Å²) in [5.41, 5.74) is 0.863. The van der Waals surface area contributed by atoms with Gasteiger partial charge in [-0.25, -0.2) is 0 Å². The third-order valence-corrected chi connectivity index (χ3v) is 8.21. The summed E-state index contributed by atoms with van der Waals surface area (Å²) in [6.07, 6.45) is 0. The molecule has 0 spiro atoms. The topological polar surface area (TPSA) is 141 Å². The molecule has 1 amide bonds. The van der Waals surface area contributed by atoms with Crippen LogP contribution in [0, 0.1) is 26.1 Å². The molecule has 2 atom stereocenters. The van der Waals surface area contributed by atoms with Crippen molar-refractivity contribution in [2.75, 3.05) is 4.90 Å². The molecule has 0 aromatic heterocycles. The van der Waals surface area contributed by atoms with Crippen LogP contribution in [0.15, 0.2) is 109 Å². The van der Waals surface area contributed by atoms with Crippen molar-refractivity contribution in [2.24, 2.45) is 5.92 Å². The van der Waals surface area contributed by atoms with E-state index < -0.39 is 38.0 Å². The maximum atomic E-state index is 14.1. The van der Waals surface area contributed by atoms with E-state index in [1.807, 2.05) is 6.07 Å². The Morgan fingerprint density at radius 1 is 0.683 bits per heavy atom. The predicted molar refractivity (Wildman–Crippen MR) is 153 cm³/mol. The molecule has 1 aliphatic rings. The smallest absolute Gasteiger partial charge is 0.269 e. The van der Waals surface area contributed by atoms with Crippen LogP contribution in [0.2, 0.25) is 0 Å². The van der Waals surface area contributed by atoms with Crippen molar-refractivity contribution in [1.82, 2.24) is 0 Å². The minimum absolute atomic E-state index is 0.0556. The maximum absolute atomic E-state index is 14.1. The highest BCUT2D eigenvalue weighted by Crippen LogP contribution is 2.48. The number of nitro benzene ring substituents is 2. The van der Waals surface area contributed by atoms with E-state index in [0.29, 0.717) is 11.3 Å². The lowest BCUT2D eigenvalue weighted by Crippen LogP contribution is -2.44. The molecule has 5 rings (SSSR count). The highest BCUT2D eigenvalue weighted by molar-refractivity contribution is 8.01. The van der Waals surface area contributed by atoms with Gasteiger partial charge in [-0.05, 0) is 42.0 Å². The number of non-ortho nitro benzene ring substituents is 2. The van der Waals surface area contributed by atoms with Crippen LogP contribution < -0.4 is 4.90 Å². The summed E-state index contributed by atoms with van der Waals surface area (Å²) in [6.45, 7) is 0. The van der Waals surface area contributed by atoms with Crippen molar-refractivity contribution in [3.8, 4) is 0 Å². The number of para-hydroxylation sites is 1. The Morgan fingerprint density at radius 2 is 1.12 bits per heavy atom. The van der Waals surface area contributed by atoms with Gasteiger partial charge in [0.1, 0.15) is 16.5 Å². The minimum atomic E-state index is -1.43. The first-order chi connectivity index (χ1) is 19.8. The first-order valence-electron chi connectivity index (χ1n) is 12.4. The van der Waals surface area contributed by atoms with Crippen molar-refractivity contribution in [1.29, 1.82) is 0 Å². The zero-order valence-electron chi connectivity index (χ0n) is 21.2. The van der Waals surface area contributed by atoms with Crippen LogP contribution in [0.3, 0.4) is 0 Å². The largest absolute Gasteiger partial charge is 0.297 e. The highest BCUT2D eigenvalue weighted by Gasteiger charge is 2.50. The fraction of sp³-hybridized carbons (Fsp3) is 0.100. The van der Waals surface area contributed by atoms with Crippen LogP contribution in [0.1, 0.15) is 31.5 Å². The van der Waals surface area contributed by atoms with Crippen LogP contribution in [-0.2, 0) is 4.79 Å². The molecule has 2 unspecified atom stereocenters. The fourth-order valence-corrected chi connectivity index (χ4v) is 6.26. The third kappa shape index (κ3) is 5.48. The van der Waals surface area contributed by atoms with E-state index in [-0.39, 0.29) is 28.4 Å². The molecule has 204 valence electrons. The van der Waals surface area contributed by atoms with Crippen LogP contribution in [0.5, 0.6) is 0 Å². The molecule has 10 nitrogen and oxygen atoms in total. The lowest BCUT2D eigenvalue weighted by atomic mass is 9.88. The van der Waals surface area contributed by atoms with Crippen LogP contribution in [0.25, 0.3) is 0 Å². The number of carbonyl (C=O) groups excluding carboxylic acids is 3. The van der Waals surface area contributed by atoms with Crippen LogP contribution in [-0.4, -0.2) is 32.7 Å². The van der Waals surface area contributed by atoms with Crippen LogP contribution >= 0.6 is 11.8 Å². The second-order valence-corrected chi connectivity index (χ2v) is 10.4. The molecule has 0 N–H and O–H groups in total. The number of amides is 1. The van der Waals surface area contributed by atoms with Gasteiger partial charge in [0.2, 0.25) is 5.91 Å². The number of nitrogens with zero attached hydrogens (tertiary/aromatic N) is 3. The molecule has 0 saturated carbocycles. The standard InChI is InChI=1S/C30H21N3O7S/c34-26(19-11-15-23(16-12-19)32(37)38)25(27(35)20-13-17-24(18-14-20)33(39)40)30-31(22-9-5-2-6-10-22)29(36)28(41-30)21-7-3-1-4-8-21/h1-18,25,28,30H. The summed E-state index contributed by atoms with van der Waals surface area (Å²) in [7, 11) is 0. The SMILES string of the molecule is O=C(c1ccc([N+](=O)[O-])cc1)C(C(=O)c1ccc([N+](=O)[O-])cc1)C1SC(c2ccccc2)C(=O)N1c1ccccc1. The molecule has 4 aromatic carbocycles. The van der Waals surface area contributed by atoms with E-state index in [4.69, 9.17) is 0 Å². The number of thioether (sulfide) groups is 1. The Kier molecular flexibility index (Phi) is 7.70. The normalized spacial score (nSPS) is 16.5. The Morgan fingerprint density at radius 3 is 1.56 bits per heavy atom. The molecule has 1 saturated heterocycles. The summed E-state index contributed by atoms with van der Waals surface area (Å²) in [6, 6.07) is 27.5. The number of hydrogen-bond donors (Lipinski definition) is 0. The third-order valence-electron chi connectivity index (χ3n) is 6.70. The molecule has 1 fully saturated rings. The van der Waals surface area contributed by atoms with Gasteiger partial charge in [0.15, 0.2) is 11.6 Å². The quantitative estimate of drug-likeness (QED) is 0.103. The average molecular weight is 568 g/mol. The number of rotatable bonds is 9.